The van der Waals surface area contributed by atoms with Crippen molar-refractivity contribution >= 4 is 11.5 Å². The van der Waals surface area contributed by atoms with Crippen LogP contribution in [0.5, 0.6) is 0 Å². The van der Waals surface area contributed by atoms with Gasteiger partial charge in [0.15, 0.2) is 11.6 Å². The molecular formula is C9H13NO4. The molecule has 2 aliphatic rings. The Bertz CT molecular complexity index is 295. The van der Waals surface area contributed by atoms with Crippen molar-refractivity contribution in [3.8, 4) is 0 Å². The fourth-order valence-corrected chi connectivity index (χ4v) is 2.74. The van der Waals surface area contributed by atoms with Crippen LogP contribution in [0.2, 0.25) is 0 Å². The molecule has 0 amide bonds. The van der Waals surface area contributed by atoms with Crippen LogP contribution < -0.4 is 0 Å². The van der Waals surface area contributed by atoms with Crippen molar-refractivity contribution < 1.29 is 19.5 Å². The van der Waals surface area contributed by atoms with E-state index in [4.69, 9.17) is 14.7 Å². The first-order valence-electron chi connectivity index (χ1n) is 4.57. The number of hydrogen-bond donors (Lipinski definition) is 1. The molecule has 0 radical (unpaired) electrons. The minimum absolute atomic E-state index is 0.146. The fraction of sp³-hybridized carbons (Fsp3) is 0.778. The smallest absolute Gasteiger partial charge is 0.189 e. The molecule has 2 fully saturated rings. The van der Waals surface area contributed by atoms with Gasteiger partial charge in [0.05, 0.1) is 11.8 Å². The molecule has 0 spiro atoms. The predicted octanol–water partition coefficient (Wildman–Crippen LogP) is 0.415. The lowest BCUT2D eigenvalue weighted by Gasteiger charge is -2.29. The topological polar surface area (TPSA) is 68.1 Å². The highest BCUT2D eigenvalue weighted by atomic mass is 16.7. The van der Waals surface area contributed by atoms with Crippen molar-refractivity contribution in [1.82, 2.24) is 0 Å². The quantitative estimate of drug-likeness (QED) is 0.397. The van der Waals surface area contributed by atoms with Gasteiger partial charge in [0.1, 0.15) is 5.71 Å². The van der Waals surface area contributed by atoms with Crippen LogP contribution in [-0.2, 0) is 14.3 Å². The third-order valence-electron chi connectivity index (χ3n) is 3.36. The lowest BCUT2D eigenvalue weighted by molar-refractivity contribution is -0.228. The van der Waals surface area contributed by atoms with Crippen LogP contribution in [0.4, 0.5) is 0 Å². The summed E-state index contributed by atoms with van der Waals surface area (Å²) in [6.07, 6.45) is 1.52. The molecule has 0 aliphatic heterocycles. The number of rotatable bonds is 2. The maximum absolute atomic E-state index is 11.7. The normalized spacial score (nSPS) is 37.0. The van der Waals surface area contributed by atoms with E-state index in [9.17, 15) is 4.79 Å². The van der Waals surface area contributed by atoms with Crippen LogP contribution >= 0.6 is 0 Å². The number of carbonyl (C=O) groups is 1. The maximum Gasteiger partial charge on any atom is 0.189 e. The van der Waals surface area contributed by atoms with E-state index >= 15 is 0 Å². The number of oxime groups is 1. The summed E-state index contributed by atoms with van der Waals surface area (Å²) < 4.78 is 10.6. The molecule has 14 heavy (non-hydrogen) atoms. The van der Waals surface area contributed by atoms with Gasteiger partial charge in [-0.3, -0.25) is 4.79 Å². The summed E-state index contributed by atoms with van der Waals surface area (Å²) in [4.78, 5) is 11.7. The van der Waals surface area contributed by atoms with Crippen LogP contribution in [-0.4, -0.2) is 36.7 Å². The third-order valence-corrected chi connectivity index (χ3v) is 3.36. The van der Waals surface area contributed by atoms with Crippen molar-refractivity contribution in [2.24, 2.45) is 17.0 Å². The molecule has 0 heterocycles. The van der Waals surface area contributed by atoms with Gasteiger partial charge in [-0.15, -0.1) is 0 Å². The van der Waals surface area contributed by atoms with Crippen LogP contribution in [0.25, 0.3) is 0 Å². The number of ether oxygens (including phenoxy) is 2. The zero-order valence-corrected chi connectivity index (χ0v) is 8.19. The summed E-state index contributed by atoms with van der Waals surface area (Å²) in [5.74, 6) is -1.57. The molecule has 78 valence electrons. The molecule has 2 rings (SSSR count). The van der Waals surface area contributed by atoms with E-state index in [0.29, 0.717) is 0 Å². The molecule has 2 aliphatic carbocycles. The largest absolute Gasteiger partial charge is 0.411 e. The molecule has 2 bridgehead atoms. The summed E-state index contributed by atoms with van der Waals surface area (Å²) in [7, 11) is 3.03. The first kappa shape index (κ1) is 9.61. The molecule has 0 aromatic carbocycles. The highest BCUT2D eigenvalue weighted by Crippen LogP contribution is 2.50. The lowest BCUT2D eigenvalue weighted by Crippen LogP contribution is -2.40. The Morgan fingerprint density at radius 3 is 2.29 bits per heavy atom. The van der Waals surface area contributed by atoms with Gasteiger partial charge in [-0.25, -0.2) is 0 Å². The van der Waals surface area contributed by atoms with Crippen molar-refractivity contribution in [1.29, 1.82) is 0 Å². The standard InChI is InChI=1S/C9H13NO4/c1-13-9(14-2)5-3-4-6(9)8(11)7(5)10-12/h5-6,12H,3-4H2,1-2H3/b10-7+/t5-,6+/m1/s1. The molecule has 0 aromatic rings. The second-order valence-electron chi connectivity index (χ2n) is 3.66. The summed E-state index contributed by atoms with van der Waals surface area (Å²) >= 11 is 0. The van der Waals surface area contributed by atoms with E-state index in [1.165, 1.54) is 14.2 Å². The Kier molecular flexibility index (Phi) is 2.08. The van der Waals surface area contributed by atoms with Gasteiger partial charge in [-0.1, -0.05) is 5.16 Å². The van der Waals surface area contributed by atoms with Crippen molar-refractivity contribution in [3.05, 3.63) is 0 Å². The Morgan fingerprint density at radius 1 is 1.36 bits per heavy atom. The molecule has 0 unspecified atom stereocenters. The first-order valence-corrected chi connectivity index (χ1v) is 4.57. The summed E-state index contributed by atoms with van der Waals surface area (Å²) in [6, 6.07) is 0. The molecule has 2 atom stereocenters. The molecular weight excluding hydrogens is 186 g/mol. The molecule has 1 N–H and O–H groups in total. The number of Topliss-reactive ketones (excluding diaryl/α,β-unsaturated/α-hetero) is 1. The van der Waals surface area contributed by atoms with Crippen LogP contribution in [0.3, 0.4) is 0 Å². The summed E-state index contributed by atoms with van der Waals surface area (Å²) in [6.45, 7) is 0. The Balaban J connectivity index is 2.45. The average molecular weight is 199 g/mol. The predicted molar refractivity (Wildman–Crippen MR) is 47.2 cm³/mol. The summed E-state index contributed by atoms with van der Waals surface area (Å²) in [5.41, 5.74) is 0.199. The average Bonchev–Trinajstić information content (AvgIpc) is 2.68. The Hall–Kier alpha value is -0.940. The van der Waals surface area contributed by atoms with E-state index in [1.54, 1.807) is 0 Å². The number of methoxy groups -OCH3 is 2. The molecule has 2 saturated carbocycles. The number of hydrogen-bond acceptors (Lipinski definition) is 5. The zero-order valence-electron chi connectivity index (χ0n) is 8.19. The minimum Gasteiger partial charge on any atom is -0.411 e. The van der Waals surface area contributed by atoms with E-state index in [2.05, 4.69) is 5.16 Å². The monoisotopic (exact) mass is 199 g/mol. The molecule has 5 nitrogen and oxygen atoms in total. The second kappa shape index (κ2) is 3.03. The number of carbonyl (C=O) groups excluding carboxylic acids is 1. The van der Waals surface area contributed by atoms with Gasteiger partial charge in [-0.05, 0) is 12.8 Å². The third kappa shape index (κ3) is 0.861. The number of ketones is 1. The van der Waals surface area contributed by atoms with E-state index in [-0.39, 0.29) is 23.3 Å². The van der Waals surface area contributed by atoms with Gasteiger partial charge in [0, 0.05) is 14.2 Å². The van der Waals surface area contributed by atoms with Gasteiger partial charge in [0.25, 0.3) is 0 Å². The Labute approximate surface area is 81.7 Å². The van der Waals surface area contributed by atoms with Crippen LogP contribution in [0.1, 0.15) is 12.8 Å². The fourth-order valence-electron chi connectivity index (χ4n) is 2.74. The van der Waals surface area contributed by atoms with Crippen LogP contribution in [0, 0.1) is 11.8 Å². The summed E-state index contributed by atoms with van der Waals surface area (Å²) in [5, 5.41) is 11.8. The van der Waals surface area contributed by atoms with Gasteiger partial charge < -0.3 is 14.7 Å². The number of fused-ring (bicyclic) bond motifs is 2. The van der Waals surface area contributed by atoms with Gasteiger partial charge in [-0.2, -0.15) is 0 Å². The highest BCUT2D eigenvalue weighted by molar-refractivity contribution is 6.44. The van der Waals surface area contributed by atoms with Crippen LogP contribution in [0.15, 0.2) is 5.16 Å². The van der Waals surface area contributed by atoms with Crippen molar-refractivity contribution in [2.75, 3.05) is 14.2 Å². The van der Waals surface area contributed by atoms with Crippen molar-refractivity contribution in [3.63, 3.8) is 0 Å². The molecule has 0 saturated heterocycles. The van der Waals surface area contributed by atoms with E-state index in [1.807, 2.05) is 0 Å². The van der Waals surface area contributed by atoms with Crippen molar-refractivity contribution in [2.45, 2.75) is 18.6 Å². The van der Waals surface area contributed by atoms with E-state index < -0.39 is 5.79 Å². The lowest BCUT2D eigenvalue weighted by atomic mass is 9.97. The SMILES string of the molecule is COC1(OC)[C@@H]2CC[C@H]1C(=O)/C2=N/O. The second-order valence-corrected chi connectivity index (χ2v) is 3.66. The van der Waals surface area contributed by atoms with Gasteiger partial charge in [0.2, 0.25) is 0 Å². The van der Waals surface area contributed by atoms with E-state index in [0.717, 1.165) is 12.8 Å². The molecule has 5 heteroatoms. The maximum atomic E-state index is 11.7. The minimum atomic E-state index is -0.890. The zero-order chi connectivity index (χ0) is 10.3. The Morgan fingerprint density at radius 2 is 1.93 bits per heavy atom. The molecule has 0 aromatic heterocycles. The highest BCUT2D eigenvalue weighted by Gasteiger charge is 2.64. The van der Waals surface area contributed by atoms with Gasteiger partial charge >= 0.3 is 0 Å². The number of nitrogens with zero attached hydrogens (tertiary/aromatic N) is 1. The first-order chi connectivity index (χ1) is 6.71.